The van der Waals surface area contributed by atoms with E-state index in [9.17, 15) is 14.0 Å². The van der Waals surface area contributed by atoms with Gasteiger partial charge >= 0.3 is 0 Å². The van der Waals surface area contributed by atoms with Crippen molar-refractivity contribution in [2.24, 2.45) is 5.92 Å². The van der Waals surface area contributed by atoms with Crippen LogP contribution >= 0.6 is 0 Å². The third-order valence-electron chi connectivity index (χ3n) is 5.01. The molecular weight excluding hydrogens is 345 g/mol. The number of H-pyrrole nitrogens is 1. The van der Waals surface area contributed by atoms with Gasteiger partial charge in [-0.05, 0) is 42.3 Å². The molecule has 0 saturated carbocycles. The van der Waals surface area contributed by atoms with E-state index in [0.29, 0.717) is 19.5 Å². The average Bonchev–Trinajstić information content (AvgIpc) is 3.24. The van der Waals surface area contributed by atoms with Crippen molar-refractivity contribution in [3.8, 4) is 0 Å². The molecule has 0 spiro atoms. The van der Waals surface area contributed by atoms with E-state index in [1.165, 1.54) is 12.1 Å². The molecule has 1 saturated heterocycles. The Bertz CT molecular complexity index is 984. The molecule has 0 radical (unpaired) electrons. The number of nitrogens with zero attached hydrogens (tertiary/aromatic N) is 1. The zero-order valence-electron chi connectivity index (χ0n) is 14.7. The number of amides is 2. The number of rotatable bonds is 5. The largest absolute Gasteiger partial charge is 0.361 e. The van der Waals surface area contributed by atoms with Crippen LogP contribution in [0.4, 0.5) is 10.1 Å². The van der Waals surface area contributed by atoms with Crippen LogP contribution in [0, 0.1) is 11.7 Å². The molecule has 138 valence electrons. The number of anilines is 1. The third kappa shape index (κ3) is 3.69. The standard InChI is InChI=1S/C21H20FN3O2/c22-16-6-7-19-18(11-16)14(12-23-19)8-9-25-13-15(10-20(25)26)21(27)24-17-4-2-1-3-5-17/h1-7,11-12,15,23H,8-10,13H2,(H,24,27)/t15-/m1/s1. The van der Waals surface area contributed by atoms with Crippen LogP contribution in [0.1, 0.15) is 12.0 Å². The maximum atomic E-state index is 13.5. The molecule has 2 heterocycles. The minimum atomic E-state index is -0.349. The van der Waals surface area contributed by atoms with E-state index in [4.69, 9.17) is 0 Å². The lowest BCUT2D eigenvalue weighted by Crippen LogP contribution is -2.29. The topological polar surface area (TPSA) is 65.2 Å². The zero-order chi connectivity index (χ0) is 18.8. The number of aromatic nitrogens is 1. The molecule has 0 bridgehead atoms. The molecule has 4 rings (SSSR count). The fourth-order valence-electron chi connectivity index (χ4n) is 3.54. The second-order valence-corrected chi connectivity index (χ2v) is 6.85. The normalized spacial score (nSPS) is 16.9. The van der Waals surface area contributed by atoms with Crippen molar-refractivity contribution in [1.82, 2.24) is 9.88 Å². The van der Waals surface area contributed by atoms with Gasteiger partial charge in [-0.3, -0.25) is 9.59 Å². The number of hydrogen-bond acceptors (Lipinski definition) is 2. The summed E-state index contributed by atoms with van der Waals surface area (Å²) in [5.74, 6) is -0.781. The summed E-state index contributed by atoms with van der Waals surface area (Å²) in [5, 5.41) is 3.69. The summed E-state index contributed by atoms with van der Waals surface area (Å²) in [4.78, 5) is 29.5. The second-order valence-electron chi connectivity index (χ2n) is 6.85. The first-order valence-electron chi connectivity index (χ1n) is 8.99. The molecule has 6 heteroatoms. The van der Waals surface area contributed by atoms with E-state index in [-0.39, 0.29) is 30.0 Å². The minimum Gasteiger partial charge on any atom is -0.361 e. The molecule has 1 fully saturated rings. The molecule has 0 unspecified atom stereocenters. The van der Waals surface area contributed by atoms with E-state index in [1.54, 1.807) is 11.0 Å². The summed E-state index contributed by atoms with van der Waals surface area (Å²) in [7, 11) is 0. The van der Waals surface area contributed by atoms with E-state index in [0.717, 1.165) is 22.2 Å². The number of likely N-dealkylation sites (tertiary alicyclic amines) is 1. The second kappa shape index (κ2) is 7.23. The van der Waals surface area contributed by atoms with Crippen molar-refractivity contribution in [3.63, 3.8) is 0 Å². The Morgan fingerprint density at radius 1 is 1.22 bits per heavy atom. The quantitative estimate of drug-likeness (QED) is 0.728. The number of carbonyl (C=O) groups is 2. The lowest BCUT2D eigenvalue weighted by molar-refractivity contribution is -0.128. The van der Waals surface area contributed by atoms with Gasteiger partial charge in [-0.2, -0.15) is 0 Å². The smallest absolute Gasteiger partial charge is 0.229 e. The predicted octanol–water partition coefficient (Wildman–Crippen LogP) is 3.34. The summed E-state index contributed by atoms with van der Waals surface area (Å²) in [6, 6.07) is 13.9. The van der Waals surface area contributed by atoms with Gasteiger partial charge in [-0.1, -0.05) is 18.2 Å². The highest BCUT2D eigenvalue weighted by Gasteiger charge is 2.34. The highest BCUT2D eigenvalue weighted by molar-refractivity contribution is 5.97. The minimum absolute atomic E-state index is 0.0192. The van der Waals surface area contributed by atoms with E-state index < -0.39 is 0 Å². The van der Waals surface area contributed by atoms with Crippen LogP contribution in [0.15, 0.2) is 54.7 Å². The lowest BCUT2D eigenvalue weighted by Gasteiger charge is -2.16. The molecule has 1 aromatic heterocycles. The molecule has 2 aromatic carbocycles. The predicted molar refractivity (Wildman–Crippen MR) is 102 cm³/mol. The van der Waals surface area contributed by atoms with Gasteiger partial charge in [0.1, 0.15) is 5.82 Å². The third-order valence-corrected chi connectivity index (χ3v) is 5.01. The molecule has 27 heavy (non-hydrogen) atoms. The first-order valence-corrected chi connectivity index (χ1v) is 8.99. The van der Waals surface area contributed by atoms with Crippen LogP contribution < -0.4 is 5.32 Å². The van der Waals surface area contributed by atoms with Gasteiger partial charge < -0.3 is 15.2 Å². The maximum absolute atomic E-state index is 13.5. The fraction of sp³-hybridized carbons (Fsp3) is 0.238. The SMILES string of the molecule is O=C(Nc1ccccc1)[C@@H]1CC(=O)N(CCc2c[nH]c3ccc(F)cc23)C1. The number of aromatic amines is 1. The maximum Gasteiger partial charge on any atom is 0.229 e. The zero-order valence-corrected chi connectivity index (χ0v) is 14.7. The molecule has 5 nitrogen and oxygen atoms in total. The van der Waals surface area contributed by atoms with Crippen LogP contribution in [0.25, 0.3) is 10.9 Å². The highest BCUT2D eigenvalue weighted by atomic mass is 19.1. The Morgan fingerprint density at radius 3 is 2.85 bits per heavy atom. The van der Waals surface area contributed by atoms with E-state index >= 15 is 0 Å². The molecule has 1 aliphatic heterocycles. The molecule has 3 aromatic rings. The number of para-hydroxylation sites is 1. The van der Waals surface area contributed by atoms with E-state index in [2.05, 4.69) is 10.3 Å². The first kappa shape index (κ1) is 17.3. The van der Waals surface area contributed by atoms with Gasteiger partial charge in [0.25, 0.3) is 0 Å². The van der Waals surface area contributed by atoms with Crippen LogP contribution in [-0.4, -0.2) is 34.8 Å². The Labute approximate surface area is 156 Å². The van der Waals surface area contributed by atoms with Gasteiger partial charge in [0.2, 0.25) is 11.8 Å². The summed E-state index contributed by atoms with van der Waals surface area (Å²) >= 11 is 0. The summed E-state index contributed by atoms with van der Waals surface area (Å²) in [6.45, 7) is 0.922. The van der Waals surface area contributed by atoms with Crippen LogP contribution in [0.5, 0.6) is 0 Å². The van der Waals surface area contributed by atoms with Crippen molar-refractivity contribution in [3.05, 3.63) is 66.1 Å². The van der Waals surface area contributed by atoms with Crippen LogP contribution in [0.2, 0.25) is 0 Å². The molecule has 2 amide bonds. The summed E-state index contributed by atoms with van der Waals surface area (Å²) in [6.07, 6.45) is 2.69. The summed E-state index contributed by atoms with van der Waals surface area (Å²) in [5.41, 5.74) is 2.57. The molecule has 1 aliphatic rings. The monoisotopic (exact) mass is 365 g/mol. The molecule has 1 atom stereocenters. The number of fused-ring (bicyclic) bond motifs is 1. The Morgan fingerprint density at radius 2 is 2.04 bits per heavy atom. The number of carbonyl (C=O) groups excluding carboxylic acids is 2. The first-order chi connectivity index (χ1) is 13.1. The van der Waals surface area contributed by atoms with Gasteiger partial charge in [0, 0.05) is 42.3 Å². The van der Waals surface area contributed by atoms with Crippen molar-refractivity contribution >= 4 is 28.4 Å². The lowest BCUT2D eigenvalue weighted by atomic mass is 10.1. The van der Waals surface area contributed by atoms with Gasteiger partial charge in [-0.25, -0.2) is 4.39 Å². The van der Waals surface area contributed by atoms with Crippen LogP contribution in [-0.2, 0) is 16.0 Å². The Kier molecular flexibility index (Phi) is 4.62. The number of benzene rings is 2. The number of hydrogen-bond donors (Lipinski definition) is 2. The summed E-state index contributed by atoms with van der Waals surface area (Å²) < 4.78 is 13.5. The number of nitrogens with one attached hydrogen (secondary N) is 2. The average molecular weight is 365 g/mol. The van der Waals surface area contributed by atoms with Gasteiger partial charge in [0.05, 0.1) is 5.92 Å². The molecular formula is C21H20FN3O2. The van der Waals surface area contributed by atoms with Gasteiger partial charge in [0.15, 0.2) is 0 Å². The Balaban J connectivity index is 1.38. The van der Waals surface area contributed by atoms with Gasteiger partial charge in [-0.15, -0.1) is 0 Å². The highest BCUT2D eigenvalue weighted by Crippen LogP contribution is 2.23. The number of halogens is 1. The van der Waals surface area contributed by atoms with E-state index in [1.807, 2.05) is 36.5 Å². The molecule has 2 N–H and O–H groups in total. The van der Waals surface area contributed by atoms with Crippen LogP contribution in [0.3, 0.4) is 0 Å². The van der Waals surface area contributed by atoms with Crippen molar-refractivity contribution in [2.45, 2.75) is 12.8 Å². The Hall–Kier alpha value is -3.15. The molecule has 0 aliphatic carbocycles. The fourth-order valence-corrected chi connectivity index (χ4v) is 3.54. The van der Waals surface area contributed by atoms with Crippen molar-refractivity contribution in [2.75, 3.05) is 18.4 Å². The van der Waals surface area contributed by atoms with Crippen molar-refractivity contribution < 1.29 is 14.0 Å². The van der Waals surface area contributed by atoms with Crippen molar-refractivity contribution in [1.29, 1.82) is 0 Å².